The SMILES string of the molecule is OC[C@H]1C[C@@H](Oc2ccccc2Cc2ccc(OC(F)(F)F)cc2)[C@H](O)[C@@H](O)[C@@H]1O. The summed E-state index contributed by atoms with van der Waals surface area (Å²) >= 11 is 0. The first kappa shape index (κ1) is 22.4. The number of ether oxygens (including phenoxy) is 2. The van der Waals surface area contributed by atoms with Crippen molar-refractivity contribution in [2.75, 3.05) is 6.61 Å². The molecule has 2 aromatic rings. The predicted molar refractivity (Wildman–Crippen MR) is 100 cm³/mol. The van der Waals surface area contributed by atoms with Gasteiger partial charge in [-0.3, -0.25) is 0 Å². The second-order valence-electron chi connectivity index (χ2n) is 7.28. The van der Waals surface area contributed by atoms with Gasteiger partial charge in [-0.2, -0.15) is 0 Å². The van der Waals surface area contributed by atoms with Crippen LogP contribution in [0, 0.1) is 5.92 Å². The van der Waals surface area contributed by atoms with Crippen LogP contribution in [0.5, 0.6) is 11.5 Å². The maximum atomic E-state index is 12.3. The van der Waals surface area contributed by atoms with E-state index in [2.05, 4.69) is 4.74 Å². The van der Waals surface area contributed by atoms with Gasteiger partial charge >= 0.3 is 6.36 Å². The number of hydrogen-bond acceptors (Lipinski definition) is 6. The molecule has 1 aliphatic carbocycles. The molecule has 0 aliphatic heterocycles. The molecule has 4 N–H and O–H groups in total. The van der Waals surface area contributed by atoms with Crippen LogP contribution < -0.4 is 9.47 Å². The minimum atomic E-state index is -4.76. The highest BCUT2D eigenvalue weighted by molar-refractivity contribution is 5.39. The predicted octanol–water partition coefficient (Wildman–Crippen LogP) is 2.02. The maximum Gasteiger partial charge on any atom is 0.573 e. The molecule has 0 bridgehead atoms. The van der Waals surface area contributed by atoms with E-state index < -0.39 is 36.7 Å². The van der Waals surface area contributed by atoms with Gasteiger partial charge in [-0.15, -0.1) is 13.2 Å². The number of benzene rings is 2. The summed E-state index contributed by atoms with van der Waals surface area (Å²) in [4.78, 5) is 0. The molecule has 30 heavy (non-hydrogen) atoms. The van der Waals surface area contributed by atoms with Gasteiger partial charge in [0.15, 0.2) is 0 Å². The summed E-state index contributed by atoms with van der Waals surface area (Å²) in [5, 5.41) is 39.6. The lowest BCUT2D eigenvalue weighted by molar-refractivity contribution is -0.274. The third kappa shape index (κ3) is 5.42. The van der Waals surface area contributed by atoms with E-state index in [1.807, 2.05) is 0 Å². The molecule has 1 fully saturated rings. The smallest absolute Gasteiger partial charge is 0.487 e. The molecule has 0 spiro atoms. The molecule has 6 nitrogen and oxygen atoms in total. The van der Waals surface area contributed by atoms with Crippen molar-refractivity contribution in [1.29, 1.82) is 0 Å². The highest BCUT2D eigenvalue weighted by atomic mass is 19.4. The Kier molecular flexibility index (Phi) is 6.87. The van der Waals surface area contributed by atoms with E-state index in [9.17, 15) is 33.6 Å². The lowest BCUT2D eigenvalue weighted by atomic mass is 9.81. The normalized spacial score (nSPS) is 27.0. The summed E-state index contributed by atoms with van der Waals surface area (Å²) in [6, 6.07) is 12.4. The monoisotopic (exact) mass is 428 g/mol. The van der Waals surface area contributed by atoms with Crippen LogP contribution >= 0.6 is 0 Å². The van der Waals surface area contributed by atoms with Crippen LogP contribution in [0.25, 0.3) is 0 Å². The van der Waals surface area contributed by atoms with Crippen LogP contribution in [-0.4, -0.2) is 57.8 Å². The van der Waals surface area contributed by atoms with E-state index in [1.165, 1.54) is 24.3 Å². The second-order valence-corrected chi connectivity index (χ2v) is 7.28. The average Bonchev–Trinajstić information content (AvgIpc) is 2.70. The fourth-order valence-electron chi connectivity index (χ4n) is 3.54. The Labute approximate surface area is 171 Å². The van der Waals surface area contributed by atoms with Gasteiger partial charge in [0.25, 0.3) is 0 Å². The zero-order chi connectivity index (χ0) is 21.9. The van der Waals surface area contributed by atoms with E-state index in [0.717, 1.165) is 5.56 Å². The fraction of sp³-hybridized carbons (Fsp3) is 0.429. The topological polar surface area (TPSA) is 99.4 Å². The van der Waals surface area contributed by atoms with Crippen molar-refractivity contribution in [3.63, 3.8) is 0 Å². The molecule has 5 atom stereocenters. The number of alkyl halides is 3. The standard InChI is InChI=1S/C21H23F3O6/c22-21(23,24)30-15-7-5-12(6-8-15)9-13-3-1-2-4-16(13)29-17-10-14(11-25)18(26)20(28)19(17)27/h1-8,14,17-20,25-28H,9-11H2/t14-,17-,18-,19+,20+/m1/s1. The molecule has 1 saturated carbocycles. The van der Waals surface area contributed by atoms with Gasteiger partial charge in [0.1, 0.15) is 29.8 Å². The lowest BCUT2D eigenvalue weighted by Gasteiger charge is -2.39. The first-order valence-corrected chi connectivity index (χ1v) is 9.42. The highest BCUT2D eigenvalue weighted by Gasteiger charge is 2.43. The molecule has 0 aromatic heterocycles. The average molecular weight is 428 g/mol. The van der Waals surface area contributed by atoms with E-state index in [4.69, 9.17) is 4.74 Å². The van der Waals surface area contributed by atoms with Crippen LogP contribution in [-0.2, 0) is 6.42 Å². The van der Waals surface area contributed by atoms with Gasteiger partial charge in [0.2, 0.25) is 0 Å². The minimum absolute atomic E-state index is 0.147. The van der Waals surface area contributed by atoms with E-state index in [1.54, 1.807) is 24.3 Å². The Morgan fingerprint density at radius 3 is 2.20 bits per heavy atom. The Hall–Kier alpha value is -2.33. The molecule has 2 aromatic carbocycles. The van der Waals surface area contributed by atoms with Crippen molar-refractivity contribution >= 4 is 0 Å². The fourth-order valence-corrected chi connectivity index (χ4v) is 3.54. The molecule has 0 amide bonds. The van der Waals surface area contributed by atoms with Crippen LogP contribution in [0.1, 0.15) is 17.5 Å². The van der Waals surface area contributed by atoms with Crippen molar-refractivity contribution in [3.8, 4) is 11.5 Å². The van der Waals surface area contributed by atoms with Crippen molar-refractivity contribution in [2.45, 2.75) is 43.6 Å². The van der Waals surface area contributed by atoms with E-state index in [0.29, 0.717) is 17.7 Å². The number of rotatable bonds is 6. The number of aliphatic hydroxyl groups is 4. The third-order valence-corrected chi connectivity index (χ3v) is 5.14. The summed E-state index contributed by atoms with van der Waals surface area (Å²) in [5.74, 6) is -0.525. The summed E-state index contributed by atoms with van der Waals surface area (Å²) in [6.45, 7) is -0.362. The molecular formula is C21H23F3O6. The number of halogens is 3. The van der Waals surface area contributed by atoms with Crippen LogP contribution in [0.15, 0.2) is 48.5 Å². The number of hydrogen-bond donors (Lipinski definition) is 4. The van der Waals surface area contributed by atoms with Crippen molar-refractivity contribution in [2.24, 2.45) is 5.92 Å². The zero-order valence-corrected chi connectivity index (χ0v) is 15.9. The Balaban J connectivity index is 1.73. The maximum absolute atomic E-state index is 12.3. The second kappa shape index (κ2) is 9.22. The van der Waals surface area contributed by atoms with Gasteiger partial charge in [-0.1, -0.05) is 30.3 Å². The summed E-state index contributed by atoms with van der Waals surface area (Å²) in [5.41, 5.74) is 1.43. The lowest BCUT2D eigenvalue weighted by Crippen LogP contribution is -2.56. The van der Waals surface area contributed by atoms with Gasteiger partial charge in [-0.05, 0) is 35.7 Å². The zero-order valence-electron chi connectivity index (χ0n) is 15.9. The van der Waals surface area contributed by atoms with Crippen molar-refractivity contribution in [1.82, 2.24) is 0 Å². The molecule has 164 valence electrons. The molecule has 0 radical (unpaired) electrons. The van der Waals surface area contributed by atoms with Crippen LogP contribution in [0.2, 0.25) is 0 Å². The molecule has 0 heterocycles. The third-order valence-electron chi connectivity index (χ3n) is 5.14. The summed E-state index contributed by atoms with van der Waals surface area (Å²) in [6.07, 6.45) is -9.15. The largest absolute Gasteiger partial charge is 0.573 e. The Morgan fingerprint density at radius 1 is 0.900 bits per heavy atom. The molecule has 0 unspecified atom stereocenters. The van der Waals surface area contributed by atoms with E-state index >= 15 is 0 Å². The minimum Gasteiger partial charge on any atom is -0.487 e. The molecule has 0 saturated heterocycles. The first-order valence-electron chi connectivity index (χ1n) is 9.42. The molecule has 3 rings (SSSR count). The summed E-state index contributed by atoms with van der Waals surface area (Å²) in [7, 11) is 0. The Morgan fingerprint density at radius 2 is 1.57 bits per heavy atom. The van der Waals surface area contributed by atoms with Gasteiger partial charge in [0.05, 0.1) is 6.10 Å². The molecule has 9 heteroatoms. The quantitative estimate of drug-likeness (QED) is 0.562. The number of para-hydroxylation sites is 1. The van der Waals surface area contributed by atoms with Crippen LogP contribution in [0.4, 0.5) is 13.2 Å². The van der Waals surface area contributed by atoms with Crippen molar-refractivity contribution < 1.29 is 43.1 Å². The van der Waals surface area contributed by atoms with Gasteiger partial charge in [-0.25, -0.2) is 0 Å². The molecular weight excluding hydrogens is 405 g/mol. The summed E-state index contributed by atoms with van der Waals surface area (Å²) < 4.78 is 46.6. The van der Waals surface area contributed by atoms with Crippen LogP contribution in [0.3, 0.4) is 0 Å². The highest BCUT2D eigenvalue weighted by Crippen LogP contribution is 2.31. The number of aliphatic hydroxyl groups excluding tert-OH is 4. The van der Waals surface area contributed by atoms with E-state index in [-0.39, 0.29) is 18.8 Å². The Bertz CT molecular complexity index is 824. The van der Waals surface area contributed by atoms with Gasteiger partial charge in [0, 0.05) is 18.9 Å². The first-order chi connectivity index (χ1) is 14.2. The van der Waals surface area contributed by atoms with Gasteiger partial charge < -0.3 is 29.9 Å². The molecule has 1 aliphatic rings. The van der Waals surface area contributed by atoms with Crippen molar-refractivity contribution in [3.05, 3.63) is 59.7 Å².